The number of carbonyl (C=O) groups excluding carboxylic acids is 1. The number of nitro benzene ring substituents is 1. The Morgan fingerprint density at radius 2 is 1.79 bits per heavy atom. The molecule has 1 aliphatic rings. The number of benzene rings is 2. The third-order valence-corrected chi connectivity index (χ3v) is 5.33. The van der Waals surface area contributed by atoms with E-state index in [1.807, 2.05) is 25.1 Å². The van der Waals surface area contributed by atoms with Crippen LogP contribution in [0.3, 0.4) is 0 Å². The third-order valence-electron chi connectivity index (χ3n) is 5.33. The first-order valence-electron chi connectivity index (χ1n) is 9.34. The van der Waals surface area contributed by atoms with Crippen molar-refractivity contribution in [3.63, 3.8) is 0 Å². The second-order valence-corrected chi connectivity index (χ2v) is 6.97. The predicted molar refractivity (Wildman–Crippen MR) is 109 cm³/mol. The number of fused-ring (bicyclic) bond motifs is 1. The van der Waals surface area contributed by atoms with E-state index in [4.69, 9.17) is 9.15 Å². The summed E-state index contributed by atoms with van der Waals surface area (Å²) in [4.78, 5) is 27.3. The first-order chi connectivity index (χ1) is 14.0. The van der Waals surface area contributed by atoms with Crippen LogP contribution < -0.4 is 9.64 Å². The van der Waals surface area contributed by atoms with Crippen molar-refractivity contribution in [3.05, 3.63) is 63.9 Å². The van der Waals surface area contributed by atoms with Crippen LogP contribution in [-0.2, 0) is 0 Å². The first kappa shape index (κ1) is 18.8. The van der Waals surface area contributed by atoms with Gasteiger partial charge >= 0.3 is 0 Å². The number of nitro groups is 1. The molecule has 0 spiro atoms. The van der Waals surface area contributed by atoms with Gasteiger partial charge in [0.15, 0.2) is 5.76 Å². The quantitative estimate of drug-likeness (QED) is 0.495. The molecule has 1 aliphatic heterocycles. The largest absolute Gasteiger partial charge is 0.497 e. The summed E-state index contributed by atoms with van der Waals surface area (Å²) in [6.45, 7) is 4.28. The molecule has 150 valence electrons. The maximum absolute atomic E-state index is 13.0. The van der Waals surface area contributed by atoms with Gasteiger partial charge in [-0.3, -0.25) is 14.9 Å². The number of hydrogen-bond acceptors (Lipinski definition) is 6. The molecule has 8 heteroatoms. The van der Waals surface area contributed by atoms with E-state index in [0.29, 0.717) is 37.5 Å². The monoisotopic (exact) mass is 395 g/mol. The number of aryl methyl sites for hydroxylation is 1. The average Bonchev–Trinajstić information content (AvgIpc) is 3.09. The Balaban J connectivity index is 1.47. The molecule has 1 aromatic heterocycles. The molecule has 2 heterocycles. The van der Waals surface area contributed by atoms with Crippen LogP contribution in [0, 0.1) is 17.0 Å². The highest BCUT2D eigenvalue weighted by Gasteiger charge is 2.27. The van der Waals surface area contributed by atoms with E-state index in [1.165, 1.54) is 12.1 Å². The van der Waals surface area contributed by atoms with Crippen molar-refractivity contribution in [1.29, 1.82) is 0 Å². The van der Waals surface area contributed by atoms with Crippen LogP contribution in [0.4, 0.5) is 11.4 Å². The number of non-ortho nitro benzene ring substituents is 1. The van der Waals surface area contributed by atoms with Gasteiger partial charge in [-0.25, -0.2) is 0 Å². The van der Waals surface area contributed by atoms with E-state index in [2.05, 4.69) is 4.90 Å². The van der Waals surface area contributed by atoms with E-state index in [9.17, 15) is 14.9 Å². The summed E-state index contributed by atoms with van der Waals surface area (Å²) in [6.07, 6.45) is 0. The zero-order valence-electron chi connectivity index (χ0n) is 16.3. The molecule has 0 aliphatic carbocycles. The number of nitrogens with zero attached hydrogens (tertiary/aromatic N) is 3. The van der Waals surface area contributed by atoms with Crippen LogP contribution in [-0.4, -0.2) is 49.0 Å². The van der Waals surface area contributed by atoms with E-state index >= 15 is 0 Å². The number of rotatable bonds is 4. The molecule has 0 radical (unpaired) electrons. The van der Waals surface area contributed by atoms with E-state index in [0.717, 1.165) is 22.4 Å². The van der Waals surface area contributed by atoms with Crippen molar-refractivity contribution in [2.45, 2.75) is 6.92 Å². The summed E-state index contributed by atoms with van der Waals surface area (Å²) in [6, 6.07) is 12.0. The maximum atomic E-state index is 13.0. The second-order valence-electron chi connectivity index (χ2n) is 6.97. The molecule has 4 rings (SSSR count). The summed E-state index contributed by atoms with van der Waals surface area (Å²) in [5.74, 6) is 0.954. The maximum Gasteiger partial charge on any atom is 0.290 e. The smallest absolute Gasteiger partial charge is 0.290 e. The highest BCUT2D eigenvalue weighted by atomic mass is 16.6. The lowest BCUT2D eigenvalue weighted by Crippen LogP contribution is -2.48. The summed E-state index contributed by atoms with van der Waals surface area (Å²) in [5, 5.41) is 11.7. The molecule has 29 heavy (non-hydrogen) atoms. The van der Waals surface area contributed by atoms with Gasteiger partial charge in [0.1, 0.15) is 11.3 Å². The zero-order valence-corrected chi connectivity index (χ0v) is 16.3. The minimum atomic E-state index is -0.411. The Morgan fingerprint density at radius 3 is 2.41 bits per heavy atom. The molecule has 0 unspecified atom stereocenters. The van der Waals surface area contributed by atoms with Gasteiger partial charge in [0, 0.05) is 54.9 Å². The number of amides is 1. The lowest BCUT2D eigenvalue weighted by Gasteiger charge is -2.35. The van der Waals surface area contributed by atoms with Crippen molar-refractivity contribution in [3.8, 4) is 5.75 Å². The Morgan fingerprint density at radius 1 is 1.10 bits per heavy atom. The van der Waals surface area contributed by atoms with Gasteiger partial charge in [-0.15, -0.1) is 0 Å². The van der Waals surface area contributed by atoms with Crippen molar-refractivity contribution >= 4 is 28.3 Å². The van der Waals surface area contributed by atoms with Crippen LogP contribution in [0.2, 0.25) is 0 Å². The minimum Gasteiger partial charge on any atom is -0.497 e. The lowest BCUT2D eigenvalue weighted by atomic mass is 10.1. The molecule has 2 aromatic carbocycles. The fourth-order valence-corrected chi connectivity index (χ4v) is 3.63. The van der Waals surface area contributed by atoms with Gasteiger partial charge in [0.05, 0.1) is 12.0 Å². The van der Waals surface area contributed by atoms with Crippen LogP contribution in [0.25, 0.3) is 11.0 Å². The Kier molecular flexibility index (Phi) is 4.84. The molecule has 1 amide bonds. The normalized spacial score (nSPS) is 14.3. The van der Waals surface area contributed by atoms with Crippen molar-refractivity contribution < 1.29 is 18.9 Å². The predicted octanol–water partition coefficient (Wildman–Crippen LogP) is 3.62. The number of piperazine rings is 1. The topological polar surface area (TPSA) is 89.1 Å². The Hall–Kier alpha value is -3.55. The molecule has 0 atom stereocenters. The van der Waals surface area contributed by atoms with Gasteiger partial charge < -0.3 is 19.0 Å². The molecular formula is C21H21N3O5. The first-order valence-corrected chi connectivity index (χ1v) is 9.34. The number of carbonyl (C=O) groups is 1. The highest BCUT2D eigenvalue weighted by molar-refractivity contribution is 5.99. The minimum absolute atomic E-state index is 0.0690. The summed E-state index contributed by atoms with van der Waals surface area (Å²) >= 11 is 0. The van der Waals surface area contributed by atoms with E-state index < -0.39 is 4.92 Å². The van der Waals surface area contributed by atoms with Crippen LogP contribution in [0.1, 0.15) is 16.1 Å². The van der Waals surface area contributed by atoms with Gasteiger partial charge in [-0.2, -0.15) is 0 Å². The van der Waals surface area contributed by atoms with Gasteiger partial charge in [0.2, 0.25) is 0 Å². The number of furan rings is 1. The van der Waals surface area contributed by atoms with E-state index in [1.54, 1.807) is 24.1 Å². The molecule has 0 saturated carbocycles. The van der Waals surface area contributed by atoms with Crippen molar-refractivity contribution in [2.24, 2.45) is 0 Å². The number of methoxy groups -OCH3 is 1. The molecule has 1 fully saturated rings. The van der Waals surface area contributed by atoms with Crippen LogP contribution in [0.5, 0.6) is 5.75 Å². The second kappa shape index (κ2) is 7.46. The van der Waals surface area contributed by atoms with Gasteiger partial charge in [-0.05, 0) is 37.3 Å². The van der Waals surface area contributed by atoms with Crippen LogP contribution in [0.15, 0.2) is 46.9 Å². The third kappa shape index (κ3) is 3.49. The standard InChI is InChI=1S/C21H21N3O5/c1-14-18-13-17(28-2)7-8-19(18)29-20(14)21(25)23-11-9-22(10-12-23)15-3-5-16(6-4-15)24(26)27/h3-8,13H,9-12H2,1-2H3. The SMILES string of the molecule is COc1ccc2oc(C(=O)N3CCN(c4ccc([N+](=O)[O-])cc4)CC3)c(C)c2c1. The molecule has 0 N–H and O–H groups in total. The molecule has 1 saturated heterocycles. The van der Waals surface area contributed by atoms with E-state index in [-0.39, 0.29) is 11.6 Å². The molecule has 0 bridgehead atoms. The molecule has 8 nitrogen and oxygen atoms in total. The molecular weight excluding hydrogens is 374 g/mol. The van der Waals surface area contributed by atoms with Crippen LogP contribution >= 0.6 is 0 Å². The number of ether oxygens (including phenoxy) is 1. The average molecular weight is 395 g/mol. The fourth-order valence-electron chi connectivity index (χ4n) is 3.63. The van der Waals surface area contributed by atoms with Crippen molar-refractivity contribution in [1.82, 2.24) is 4.90 Å². The van der Waals surface area contributed by atoms with Gasteiger partial charge in [-0.1, -0.05) is 0 Å². The summed E-state index contributed by atoms with van der Waals surface area (Å²) < 4.78 is 11.1. The number of hydrogen-bond donors (Lipinski definition) is 0. The Bertz CT molecular complexity index is 1070. The molecule has 3 aromatic rings. The number of anilines is 1. The Labute approximate surface area is 167 Å². The van der Waals surface area contributed by atoms with Gasteiger partial charge in [0.25, 0.3) is 11.6 Å². The van der Waals surface area contributed by atoms with Crippen molar-refractivity contribution in [2.75, 3.05) is 38.2 Å². The fraction of sp³-hybridized carbons (Fsp3) is 0.286. The summed E-state index contributed by atoms with van der Waals surface area (Å²) in [7, 11) is 1.60. The zero-order chi connectivity index (χ0) is 20.5. The lowest BCUT2D eigenvalue weighted by molar-refractivity contribution is -0.384. The highest BCUT2D eigenvalue weighted by Crippen LogP contribution is 2.30. The summed E-state index contributed by atoms with van der Waals surface area (Å²) in [5.41, 5.74) is 2.45.